The summed E-state index contributed by atoms with van der Waals surface area (Å²) in [5, 5.41) is 3.31. The van der Waals surface area contributed by atoms with Crippen molar-refractivity contribution in [1.29, 1.82) is 0 Å². The average molecular weight is 438 g/mol. The molecule has 1 saturated heterocycles. The van der Waals surface area contributed by atoms with Crippen molar-refractivity contribution >= 4 is 39.8 Å². The van der Waals surface area contributed by atoms with E-state index < -0.39 is 5.97 Å². The molecule has 0 aliphatic carbocycles. The Hall–Kier alpha value is -1.93. The van der Waals surface area contributed by atoms with Gasteiger partial charge in [-0.25, -0.2) is 4.79 Å². The van der Waals surface area contributed by atoms with Crippen molar-refractivity contribution in [2.24, 2.45) is 0 Å². The number of ether oxygens (including phenoxy) is 2. The molecular formula is C21H26ClN2O4S+. The Labute approximate surface area is 179 Å². The van der Waals surface area contributed by atoms with Gasteiger partial charge in [-0.3, -0.25) is 4.79 Å². The van der Waals surface area contributed by atoms with Crippen LogP contribution in [0.1, 0.15) is 31.1 Å². The summed E-state index contributed by atoms with van der Waals surface area (Å²) >= 11 is 7.66. The van der Waals surface area contributed by atoms with Crippen LogP contribution in [0.4, 0.5) is 5.00 Å². The maximum atomic E-state index is 12.7. The van der Waals surface area contributed by atoms with E-state index in [1.54, 1.807) is 6.92 Å². The molecule has 156 valence electrons. The minimum atomic E-state index is -0.495. The number of rotatable bonds is 6. The number of benzene rings is 1. The zero-order chi connectivity index (χ0) is 21.0. The molecule has 3 rings (SSSR count). The van der Waals surface area contributed by atoms with Crippen LogP contribution in [0.25, 0.3) is 11.1 Å². The van der Waals surface area contributed by atoms with Gasteiger partial charge in [0.05, 0.1) is 6.61 Å². The van der Waals surface area contributed by atoms with E-state index in [9.17, 15) is 9.59 Å². The molecule has 1 aromatic carbocycles. The number of halogens is 1. The minimum absolute atomic E-state index is 0.109. The van der Waals surface area contributed by atoms with Crippen LogP contribution in [-0.2, 0) is 14.3 Å². The van der Waals surface area contributed by atoms with Crippen molar-refractivity contribution in [3.8, 4) is 11.1 Å². The van der Waals surface area contributed by atoms with E-state index in [1.807, 2.05) is 44.2 Å². The van der Waals surface area contributed by atoms with E-state index in [0.717, 1.165) is 23.6 Å². The highest BCUT2D eigenvalue weighted by Crippen LogP contribution is 2.43. The van der Waals surface area contributed by atoms with E-state index in [4.69, 9.17) is 21.1 Å². The molecule has 1 aliphatic rings. The largest absolute Gasteiger partial charge is 0.462 e. The highest BCUT2D eigenvalue weighted by atomic mass is 35.5. The summed E-state index contributed by atoms with van der Waals surface area (Å²) in [5.74, 6) is -0.657. The zero-order valence-electron chi connectivity index (χ0n) is 16.8. The van der Waals surface area contributed by atoms with Crippen molar-refractivity contribution in [1.82, 2.24) is 0 Å². The molecule has 0 spiro atoms. The summed E-state index contributed by atoms with van der Waals surface area (Å²) in [5.41, 5.74) is 1.70. The Morgan fingerprint density at radius 1 is 1.24 bits per heavy atom. The Morgan fingerprint density at radius 3 is 2.52 bits per heavy atom. The molecule has 2 heterocycles. The van der Waals surface area contributed by atoms with Gasteiger partial charge in [0.1, 0.15) is 40.2 Å². The number of hydrogen-bond acceptors (Lipinski definition) is 5. The van der Waals surface area contributed by atoms with Gasteiger partial charge in [0.15, 0.2) is 6.54 Å². The Bertz CT molecular complexity index is 861. The fraction of sp³-hybridized carbons (Fsp3) is 0.429. The number of carbonyl (C=O) groups is 2. The SMILES string of the molecule is CCOC(=O)c1c(NC(=O)C[NH+]2C[C@@H](C)O[C@@H](C)C2)sc(Cl)c1-c1ccccc1. The summed E-state index contributed by atoms with van der Waals surface area (Å²) in [4.78, 5) is 26.6. The normalized spacial score (nSPS) is 21.6. The predicted molar refractivity (Wildman–Crippen MR) is 115 cm³/mol. The van der Waals surface area contributed by atoms with Crippen LogP contribution in [0, 0.1) is 0 Å². The van der Waals surface area contributed by atoms with Crippen molar-refractivity contribution in [2.75, 3.05) is 31.6 Å². The minimum Gasteiger partial charge on any atom is -0.462 e. The highest BCUT2D eigenvalue weighted by Gasteiger charge is 2.30. The van der Waals surface area contributed by atoms with Gasteiger partial charge in [-0.15, -0.1) is 11.3 Å². The first kappa shape index (κ1) is 21.8. The zero-order valence-corrected chi connectivity index (χ0v) is 18.4. The first-order valence-electron chi connectivity index (χ1n) is 9.72. The van der Waals surface area contributed by atoms with Crippen LogP contribution in [0.2, 0.25) is 4.34 Å². The number of quaternary nitrogens is 1. The van der Waals surface area contributed by atoms with E-state index in [-0.39, 0.29) is 24.7 Å². The van der Waals surface area contributed by atoms with Crippen LogP contribution in [0.15, 0.2) is 30.3 Å². The molecule has 8 heteroatoms. The van der Waals surface area contributed by atoms with Crippen LogP contribution in [-0.4, -0.2) is 50.3 Å². The fourth-order valence-corrected chi connectivity index (χ4v) is 5.07. The molecule has 0 bridgehead atoms. The van der Waals surface area contributed by atoms with Crippen molar-refractivity contribution in [3.05, 3.63) is 40.2 Å². The molecule has 0 radical (unpaired) electrons. The van der Waals surface area contributed by atoms with Crippen LogP contribution < -0.4 is 10.2 Å². The molecule has 1 amide bonds. The Balaban J connectivity index is 1.85. The van der Waals surface area contributed by atoms with Gasteiger partial charge in [0.2, 0.25) is 0 Å². The van der Waals surface area contributed by atoms with E-state index in [0.29, 0.717) is 27.0 Å². The maximum Gasteiger partial charge on any atom is 0.341 e. The maximum absolute atomic E-state index is 12.7. The quantitative estimate of drug-likeness (QED) is 0.682. The molecule has 29 heavy (non-hydrogen) atoms. The molecule has 1 aliphatic heterocycles. The molecule has 2 N–H and O–H groups in total. The number of hydrogen-bond donors (Lipinski definition) is 2. The standard InChI is InChI=1S/C21H25ClN2O4S/c1-4-27-21(26)18-17(15-8-6-5-7-9-15)19(22)29-20(18)23-16(25)12-24-10-13(2)28-14(3)11-24/h5-9,13-14H,4,10-12H2,1-3H3,(H,23,25)/p+1/t13-,14+. The second kappa shape index (κ2) is 9.71. The van der Waals surface area contributed by atoms with Gasteiger partial charge in [0, 0.05) is 5.56 Å². The Kier molecular flexibility index (Phi) is 7.29. The summed E-state index contributed by atoms with van der Waals surface area (Å²) in [6, 6.07) is 9.40. The molecule has 1 unspecified atom stereocenters. The van der Waals surface area contributed by atoms with Gasteiger partial charge >= 0.3 is 5.97 Å². The fourth-order valence-electron chi connectivity index (χ4n) is 3.68. The number of thiophene rings is 1. The molecule has 1 fully saturated rings. The first-order valence-corrected chi connectivity index (χ1v) is 10.9. The lowest BCUT2D eigenvalue weighted by molar-refractivity contribution is -0.907. The van der Waals surface area contributed by atoms with Gasteiger partial charge in [-0.05, 0) is 26.3 Å². The van der Waals surface area contributed by atoms with Gasteiger partial charge in [-0.1, -0.05) is 41.9 Å². The highest BCUT2D eigenvalue weighted by molar-refractivity contribution is 7.21. The lowest BCUT2D eigenvalue weighted by Crippen LogP contribution is -3.16. The summed E-state index contributed by atoms with van der Waals surface area (Å²) in [6.45, 7) is 7.84. The molecule has 1 aromatic heterocycles. The average Bonchev–Trinajstić information content (AvgIpc) is 2.97. The third-order valence-electron chi connectivity index (χ3n) is 4.69. The second-order valence-corrected chi connectivity index (χ2v) is 8.80. The second-order valence-electron chi connectivity index (χ2n) is 7.18. The topological polar surface area (TPSA) is 69.1 Å². The third-order valence-corrected chi connectivity index (χ3v) is 6.00. The smallest absolute Gasteiger partial charge is 0.341 e. The van der Waals surface area contributed by atoms with E-state index in [2.05, 4.69) is 5.32 Å². The molecule has 2 aromatic rings. The molecule has 0 saturated carbocycles. The number of anilines is 1. The lowest BCUT2D eigenvalue weighted by atomic mass is 10.0. The monoisotopic (exact) mass is 437 g/mol. The molecular weight excluding hydrogens is 412 g/mol. The first-order chi connectivity index (χ1) is 13.9. The summed E-state index contributed by atoms with van der Waals surface area (Å²) < 4.78 is 11.4. The predicted octanol–water partition coefficient (Wildman–Crippen LogP) is 2.88. The summed E-state index contributed by atoms with van der Waals surface area (Å²) in [6.07, 6.45) is 0.218. The molecule has 3 atom stereocenters. The third kappa shape index (κ3) is 5.36. The van der Waals surface area contributed by atoms with Gasteiger partial charge < -0.3 is 19.7 Å². The van der Waals surface area contributed by atoms with Crippen molar-refractivity contribution < 1.29 is 24.0 Å². The van der Waals surface area contributed by atoms with Gasteiger partial charge in [0.25, 0.3) is 5.91 Å². The number of nitrogens with one attached hydrogen (secondary N) is 2. The van der Waals surface area contributed by atoms with Gasteiger partial charge in [-0.2, -0.15) is 0 Å². The summed E-state index contributed by atoms with van der Waals surface area (Å²) in [7, 11) is 0. The molecule has 6 nitrogen and oxygen atoms in total. The van der Waals surface area contributed by atoms with Crippen molar-refractivity contribution in [3.63, 3.8) is 0 Å². The van der Waals surface area contributed by atoms with E-state index >= 15 is 0 Å². The number of morpholine rings is 1. The van der Waals surface area contributed by atoms with E-state index in [1.165, 1.54) is 11.3 Å². The number of amides is 1. The Morgan fingerprint density at radius 2 is 1.90 bits per heavy atom. The number of carbonyl (C=O) groups excluding carboxylic acids is 2. The van der Waals surface area contributed by atoms with Crippen LogP contribution in [0.5, 0.6) is 0 Å². The van der Waals surface area contributed by atoms with Crippen molar-refractivity contribution in [2.45, 2.75) is 33.0 Å². The number of esters is 1. The van der Waals surface area contributed by atoms with Crippen LogP contribution >= 0.6 is 22.9 Å². The lowest BCUT2D eigenvalue weighted by Gasteiger charge is -2.31. The van der Waals surface area contributed by atoms with Crippen LogP contribution in [0.3, 0.4) is 0 Å².